The predicted octanol–water partition coefficient (Wildman–Crippen LogP) is 3.21. The quantitative estimate of drug-likeness (QED) is 0.429. The topological polar surface area (TPSA) is 26.3 Å². The number of carbonyl (C=O) groups excluding carboxylic acids is 1. The molecule has 0 heterocycles. The fraction of sp³-hybridized carbons (Fsp3) is 0.308. The number of carbonyl (C=O) groups is 1. The Morgan fingerprint density at radius 2 is 2.13 bits per heavy atom. The Bertz CT molecular complexity index is 378. The van der Waals surface area contributed by atoms with Gasteiger partial charge >= 0.3 is 5.97 Å². The Labute approximate surface area is 90.6 Å². The van der Waals surface area contributed by atoms with Gasteiger partial charge in [-0.25, -0.2) is 4.79 Å². The Balaban J connectivity index is 3.00. The van der Waals surface area contributed by atoms with Crippen LogP contribution in [0.3, 0.4) is 0 Å². The molecule has 2 nitrogen and oxygen atoms in total. The second kappa shape index (κ2) is 4.78. The van der Waals surface area contributed by atoms with Crippen molar-refractivity contribution in [3.05, 3.63) is 42.0 Å². The SMILES string of the molecule is C=CC(=O)Oc1cc(C(C)C)ccc1C. The van der Waals surface area contributed by atoms with E-state index >= 15 is 0 Å². The number of esters is 1. The molecule has 0 amide bonds. The second-order valence-electron chi connectivity index (χ2n) is 3.80. The van der Waals surface area contributed by atoms with Gasteiger partial charge in [-0.05, 0) is 30.0 Å². The number of benzene rings is 1. The average molecular weight is 204 g/mol. The van der Waals surface area contributed by atoms with E-state index in [0.29, 0.717) is 11.7 Å². The van der Waals surface area contributed by atoms with Crippen LogP contribution < -0.4 is 4.74 Å². The lowest BCUT2D eigenvalue weighted by Crippen LogP contribution is -2.05. The van der Waals surface area contributed by atoms with E-state index < -0.39 is 5.97 Å². The van der Waals surface area contributed by atoms with Gasteiger partial charge in [0.25, 0.3) is 0 Å². The minimum absolute atomic E-state index is 0.418. The molecule has 0 N–H and O–H groups in total. The van der Waals surface area contributed by atoms with Gasteiger partial charge < -0.3 is 4.74 Å². The molecule has 1 aromatic carbocycles. The van der Waals surface area contributed by atoms with E-state index in [4.69, 9.17) is 4.74 Å². The van der Waals surface area contributed by atoms with Gasteiger partial charge in [0.15, 0.2) is 0 Å². The van der Waals surface area contributed by atoms with Crippen LogP contribution in [0.1, 0.15) is 30.9 Å². The first-order valence-corrected chi connectivity index (χ1v) is 4.99. The minimum Gasteiger partial charge on any atom is -0.423 e. The Morgan fingerprint density at radius 3 is 2.67 bits per heavy atom. The molecule has 0 saturated heterocycles. The van der Waals surface area contributed by atoms with Crippen molar-refractivity contribution in [2.75, 3.05) is 0 Å². The van der Waals surface area contributed by atoms with Crippen molar-refractivity contribution in [2.24, 2.45) is 0 Å². The third-order valence-corrected chi connectivity index (χ3v) is 2.26. The zero-order chi connectivity index (χ0) is 11.4. The molecule has 0 aliphatic heterocycles. The van der Waals surface area contributed by atoms with Crippen LogP contribution in [0.15, 0.2) is 30.9 Å². The zero-order valence-corrected chi connectivity index (χ0v) is 9.41. The maximum Gasteiger partial charge on any atom is 0.335 e. The monoisotopic (exact) mass is 204 g/mol. The summed E-state index contributed by atoms with van der Waals surface area (Å²) in [5.74, 6) is 0.622. The number of rotatable bonds is 3. The normalized spacial score (nSPS) is 10.1. The third-order valence-electron chi connectivity index (χ3n) is 2.26. The molecule has 0 atom stereocenters. The van der Waals surface area contributed by atoms with E-state index in [9.17, 15) is 4.79 Å². The van der Waals surface area contributed by atoms with Crippen LogP contribution in [0.2, 0.25) is 0 Å². The molecule has 15 heavy (non-hydrogen) atoms. The van der Waals surface area contributed by atoms with Crippen molar-refractivity contribution in [3.8, 4) is 5.75 Å². The van der Waals surface area contributed by atoms with Crippen LogP contribution in [-0.2, 0) is 4.79 Å². The van der Waals surface area contributed by atoms with E-state index in [-0.39, 0.29) is 0 Å². The maximum absolute atomic E-state index is 11.1. The van der Waals surface area contributed by atoms with Crippen molar-refractivity contribution >= 4 is 5.97 Å². The summed E-state index contributed by atoms with van der Waals surface area (Å²) in [5.41, 5.74) is 2.11. The molecule has 1 aromatic rings. The summed E-state index contributed by atoms with van der Waals surface area (Å²) in [5, 5.41) is 0. The lowest BCUT2D eigenvalue weighted by atomic mass is 10.0. The lowest BCUT2D eigenvalue weighted by Gasteiger charge is -2.10. The standard InChI is InChI=1S/C13H16O2/c1-5-13(14)15-12-8-11(9(2)3)7-6-10(12)4/h5-9H,1H2,2-4H3. The summed E-state index contributed by atoms with van der Waals surface area (Å²) < 4.78 is 5.13. The molecule has 0 unspecified atom stereocenters. The van der Waals surface area contributed by atoms with Crippen LogP contribution in [-0.4, -0.2) is 5.97 Å². The molecule has 1 rings (SSSR count). The lowest BCUT2D eigenvalue weighted by molar-refractivity contribution is -0.129. The van der Waals surface area contributed by atoms with Gasteiger partial charge in [-0.1, -0.05) is 32.6 Å². The van der Waals surface area contributed by atoms with Crippen LogP contribution in [0.5, 0.6) is 5.75 Å². The highest BCUT2D eigenvalue weighted by Gasteiger charge is 2.06. The van der Waals surface area contributed by atoms with E-state index in [1.54, 1.807) is 0 Å². The molecular formula is C13H16O2. The van der Waals surface area contributed by atoms with E-state index in [1.165, 1.54) is 6.08 Å². The van der Waals surface area contributed by atoms with Crippen LogP contribution >= 0.6 is 0 Å². The van der Waals surface area contributed by atoms with Crippen molar-refractivity contribution < 1.29 is 9.53 Å². The smallest absolute Gasteiger partial charge is 0.335 e. The second-order valence-corrected chi connectivity index (χ2v) is 3.80. The van der Waals surface area contributed by atoms with Gasteiger partial charge in [0.1, 0.15) is 5.75 Å². The maximum atomic E-state index is 11.1. The Morgan fingerprint density at radius 1 is 1.47 bits per heavy atom. The first-order chi connectivity index (χ1) is 7.04. The molecule has 0 aliphatic rings. The molecular weight excluding hydrogens is 188 g/mol. The first-order valence-electron chi connectivity index (χ1n) is 4.99. The molecule has 0 spiro atoms. The van der Waals surface area contributed by atoms with E-state index in [2.05, 4.69) is 20.4 Å². The number of hydrogen-bond acceptors (Lipinski definition) is 2. The summed E-state index contributed by atoms with van der Waals surface area (Å²) in [6.07, 6.45) is 1.17. The number of aryl methyl sites for hydroxylation is 1. The van der Waals surface area contributed by atoms with Crippen molar-refractivity contribution in [2.45, 2.75) is 26.7 Å². The molecule has 0 saturated carbocycles. The fourth-order valence-corrected chi connectivity index (χ4v) is 1.24. The summed E-state index contributed by atoms with van der Waals surface area (Å²) >= 11 is 0. The van der Waals surface area contributed by atoms with Gasteiger partial charge in [0.2, 0.25) is 0 Å². The highest BCUT2D eigenvalue weighted by atomic mass is 16.5. The molecule has 0 fully saturated rings. The number of hydrogen-bond donors (Lipinski definition) is 0. The summed E-state index contributed by atoms with van der Waals surface area (Å²) in [7, 11) is 0. The average Bonchev–Trinajstić information content (AvgIpc) is 2.20. The third kappa shape index (κ3) is 2.94. The summed E-state index contributed by atoms with van der Waals surface area (Å²) in [6, 6.07) is 5.91. The minimum atomic E-state index is -0.418. The molecule has 0 aromatic heterocycles. The van der Waals surface area contributed by atoms with E-state index in [0.717, 1.165) is 11.1 Å². The van der Waals surface area contributed by atoms with Crippen LogP contribution in [0.25, 0.3) is 0 Å². The van der Waals surface area contributed by atoms with Crippen LogP contribution in [0.4, 0.5) is 0 Å². The number of ether oxygens (including phenoxy) is 1. The van der Waals surface area contributed by atoms with Gasteiger partial charge in [0.05, 0.1) is 0 Å². The molecule has 80 valence electrons. The molecule has 0 bridgehead atoms. The molecule has 0 aliphatic carbocycles. The van der Waals surface area contributed by atoms with Crippen molar-refractivity contribution in [1.29, 1.82) is 0 Å². The molecule has 0 radical (unpaired) electrons. The first kappa shape index (κ1) is 11.5. The van der Waals surface area contributed by atoms with Crippen LogP contribution in [0, 0.1) is 6.92 Å². The predicted molar refractivity (Wildman–Crippen MR) is 61.1 cm³/mol. The Kier molecular flexibility index (Phi) is 3.67. The highest BCUT2D eigenvalue weighted by Crippen LogP contribution is 2.24. The van der Waals surface area contributed by atoms with Crippen molar-refractivity contribution in [1.82, 2.24) is 0 Å². The fourth-order valence-electron chi connectivity index (χ4n) is 1.24. The van der Waals surface area contributed by atoms with Gasteiger partial charge in [-0.3, -0.25) is 0 Å². The van der Waals surface area contributed by atoms with Gasteiger partial charge in [-0.15, -0.1) is 0 Å². The van der Waals surface area contributed by atoms with Gasteiger partial charge in [-0.2, -0.15) is 0 Å². The molecule has 2 heteroatoms. The zero-order valence-electron chi connectivity index (χ0n) is 9.41. The van der Waals surface area contributed by atoms with Gasteiger partial charge in [0, 0.05) is 6.08 Å². The highest BCUT2D eigenvalue weighted by molar-refractivity contribution is 5.83. The summed E-state index contributed by atoms with van der Waals surface area (Å²) in [6.45, 7) is 9.48. The summed E-state index contributed by atoms with van der Waals surface area (Å²) in [4.78, 5) is 11.1. The Hall–Kier alpha value is -1.57. The largest absolute Gasteiger partial charge is 0.423 e. The van der Waals surface area contributed by atoms with Crippen molar-refractivity contribution in [3.63, 3.8) is 0 Å². The van der Waals surface area contributed by atoms with E-state index in [1.807, 2.05) is 25.1 Å².